The van der Waals surface area contributed by atoms with E-state index in [0.29, 0.717) is 5.56 Å². The number of carbonyl (C=O) groups is 2. The molecule has 8 nitrogen and oxygen atoms in total. The highest BCUT2D eigenvalue weighted by molar-refractivity contribution is 5.83. The van der Waals surface area contributed by atoms with Crippen molar-refractivity contribution in [3.05, 3.63) is 40.9 Å². The van der Waals surface area contributed by atoms with Gasteiger partial charge < -0.3 is 14.5 Å². The van der Waals surface area contributed by atoms with Crippen molar-refractivity contribution in [2.75, 3.05) is 0 Å². The molecule has 0 bridgehead atoms. The summed E-state index contributed by atoms with van der Waals surface area (Å²) in [6.07, 6.45) is 4.34. The molecule has 1 amide bonds. The van der Waals surface area contributed by atoms with E-state index in [0.717, 1.165) is 30.4 Å². The molecule has 1 unspecified atom stereocenters. The summed E-state index contributed by atoms with van der Waals surface area (Å²) in [4.78, 5) is 36.1. The van der Waals surface area contributed by atoms with Crippen molar-refractivity contribution in [3.63, 3.8) is 0 Å². The van der Waals surface area contributed by atoms with Crippen LogP contribution in [0, 0.1) is 0 Å². The molecule has 8 heteroatoms. The fourth-order valence-electron chi connectivity index (χ4n) is 3.08. The monoisotopic (exact) mass is 373 g/mol. The van der Waals surface area contributed by atoms with E-state index in [-0.39, 0.29) is 17.8 Å². The van der Waals surface area contributed by atoms with Gasteiger partial charge in [0.2, 0.25) is 5.89 Å². The summed E-state index contributed by atoms with van der Waals surface area (Å²) >= 11 is 0. The Kier molecular flexibility index (Phi) is 6.05. The van der Waals surface area contributed by atoms with Crippen LogP contribution in [0.1, 0.15) is 39.0 Å². The van der Waals surface area contributed by atoms with Crippen LogP contribution in [0.3, 0.4) is 0 Å². The lowest BCUT2D eigenvalue weighted by molar-refractivity contribution is -0.156. The molecule has 0 spiro atoms. The maximum atomic E-state index is 12.2. The minimum atomic E-state index is -0.935. The number of aromatic nitrogens is 2. The van der Waals surface area contributed by atoms with Crippen LogP contribution in [-0.2, 0) is 20.9 Å². The number of rotatable bonds is 6. The second-order valence-electron chi connectivity index (χ2n) is 6.67. The van der Waals surface area contributed by atoms with Crippen LogP contribution >= 0.6 is 0 Å². The molecule has 1 N–H and O–H groups in total. The van der Waals surface area contributed by atoms with Crippen LogP contribution in [0.5, 0.6) is 0 Å². The summed E-state index contributed by atoms with van der Waals surface area (Å²) in [6, 6.07) is 9.02. The molecule has 1 heterocycles. The van der Waals surface area contributed by atoms with Gasteiger partial charge in [-0.15, -0.1) is 5.10 Å². The molecule has 144 valence electrons. The van der Waals surface area contributed by atoms with Gasteiger partial charge in [-0.25, -0.2) is 4.79 Å². The van der Waals surface area contributed by atoms with Crippen molar-refractivity contribution in [1.29, 1.82) is 0 Å². The Balaban J connectivity index is 1.55. The first kappa shape index (κ1) is 18.9. The van der Waals surface area contributed by atoms with Gasteiger partial charge in [-0.1, -0.05) is 37.5 Å². The van der Waals surface area contributed by atoms with Crippen molar-refractivity contribution < 1.29 is 18.7 Å². The van der Waals surface area contributed by atoms with Gasteiger partial charge in [0.1, 0.15) is 6.54 Å². The van der Waals surface area contributed by atoms with Gasteiger partial charge in [0.25, 0.3) is 5.91 Å². The molecule has 1 fully saturated rings. The molecular formula is C19H23N3O5. The molecule has 0 aliphatic heterocycles. The zero-order valence-electron chi connectivity index (χ0n) is 15.2. The Hall–Kier alpha value is -2.90. The average molecular weight is 373 g/mol. The first-order valence-corrected chi connectivity index (χ1v) is 9.16. The lowest BCUT2D eigenvalue weighted by Gasteiger charge is -2.24. The molecule has 1 aromatic carbocycles. The van der Waals surface area contributed by atoms with Gasteiger partial charge in [0.15, 0.2) is 6.10 Å². The van der Waals surface area contributed by atoms with E-state index in [1.54, 1.807) is 24.3 Å². The van der Waals surface area contributed by atoms with Gasteiger partial charge in [0.05, 0.1) is 0 Å². The Morgan fingerprint density at radius 3 is 2.67 bits per heavy atom. The number of benzene rings is 1. The fraction of sp³-hybridized carbons (Fsp3) is 0.474. The Labute approximate surface area is 156 Å². The number of amides is 1. The molecule has 1 saturated carbocycles. The summed E-state index contributed by atoms with van der Waals surface area (Å²) in [5.41, 5.74) is 0.627. The second kappa shape index (κ2) is 8.66. The molecule has 1 atom stereocenters. The van der Waals surface area contributed by atoms with E-state index >= 15 is 0 Å². The zero-order chi connectivity index (χ0) is 19.2. The predicted octanol–water partition coefficient (Wildman–Crippen LogP) is 1.88. The summed E-state index contributed by atoms with van der Waals surface area (Å²) in [5.74, 6) is -1.69. The third kappa shape index (κ3) is 5.06. The van der Waals surface area contributed by atoms with Crippen LogP contribution in [0.2, 0.25) is 0 Å². The number of esters is 1. The Bertz CT molecular complexity index is 837. The summed E-state index contributed by atoms with van der Waals surface area (Å²) in [5, 5.41) is 6.91. The van der Waals surface area contributed by atoms with Crippen LogP contribution in [0.15, 0.2) is 39.5 Å². The number of hydrogen-bond acceptors (Lipinski definition) is 6. The number of hydrogen-bond donors (Lipinski definition) is 1. The lowest BCUT2D eigenvalue weighted by atomic mass is 9.95. The van der Waals surface area contributed by atoms with Crippen molar-refractivity contribution in [2.24, 2.45) is 0 Å². The number of nitrogens with zero attached hydrogens (tertiary/aromatic N) is 2. The Morgan fingerprint density at radius 1 is 1.26 bits per heavy atom. The molecule has 1 aliphatic rings. The summed E-state index contributed by atoms with van der Waals surface area (Å²) in [7, 11) is 0. The topological polar surface area (TPSA) is 103 Å². The summed E-state index contributed by atoms with van der Waals surface area (Å²) < 4.78 is 11.1. The van der Waals surface area contributed by atoms with Crippen LogP contribution in [-0.4, -0.2) is 33.8 Å². The van der Waals surface area contributed by atoms with Crippen LogP contribution < -0.4 is 11.1 Å². The van der Waals surface area contributed by atoms with E-state index in [9.17, 15) is 14.4 Å². The maximum absolute atomic E-state index is 12.2. The van der Waals surface area contributed by atoms with Gasteiger partial charge in [0, 0.05) is 11.6 Å². The first-order valence-electron chi connectivity index (χ1n) is 9.16. The van der Waals surface area contributed by atoms with Gasteiger partial charge in [-0.3, -0.25) is 9.59 Å². The van der Waals surface area contributed by atoms with Crippen molar-refractivity contribution >= 4 is 11.9 Å². The molecule has 2 aromatic rings. The largest absolute Gasteiger partial charge is 0.451 e. The average Bonchev–Trinajstić information content (AvgIpc) is 3.03. The number of nitrogens with one attached hydrogen (secondary N) is 1. The SMILES string of the molecule is CC(OC(=O)Cn1nc(-c2ccccc2)oc1=O)C(=O)NC1CCCCC1. The lowest BCUT2D eigenvalue weighted by Crippen LogP contribution is -2.43. The van der Waals surface area contributed by atoms with Crippen LogP contribution in [0.25, 0.3) is 11.5 Å². The molecular weight excluding hydrogens is 350 g/mol. The third-order valence-corrected chi connectivity index (χ3v) is 4.53. The molecule has 0 radical (unpaired) electrons. The fourth-order valence-corrected chi connectivity index (χ4v) is 3.08. The normalized spacial score (nSPS) is 15.9. The van der Waals surface area contributed by atoms with E-state index in [1.807, 2.05) is 6.07 Å². The second-order valence-corrected chi connectivity index (χ2v) is 6.67. The van der Waals surface area contributed by atoms with Crippen molar-refractivity contribution in [2.45, 2.75) is 57.7 Å². The number of ether oxygens (including phenoxy) is 1. The quantitative estimate of drug-likeness (QED) is 0.776. The van der Waals surface area contributed by atoms with Crippen molar-refractivity contribution in [1.82, 2.24) is 15.1 Å². The predicted molar refractivity (Wildman–Crippen MR) is 96.8 cm³/mol. The van der Waals surface area contributed by atoms with Gasteiger partial charge in [-0.05, 0) is 31.9 Å². The highest BCUT2D eigenvalue weighted by Crippen LogP contribution is 2.17. The standard InChI is InChI=1S/C19H23N3O5/c1-13(17(24)20-15-10-6-3-7-11-15)26-16(23)12-22-19(25)27-18(21-22)14-8-4-2-5-9-14/h2,4-5,8-9,13,15H,3,6-7,10-12H2,1H3,(H,20,24). The molecule has 0 saturated heterocycles. The highest BCUT2D eigenvalue weighted by atomic mass is 16.5. The third-order valence-electron chi connectivity index (χ3n) is 4.53. The van der Waals surface area contributed by atoms with E-state index in [4.69, 9.17) is 9.15 Å². The van der Waals surface area contributed by atoms with Gasteiger partial charge >= 0.3 is 11.7 Å². The van der Waals surface area contributed by atoms with E-state index in [1.165, 1.54) is 13.3 Å². The zero-order valence-corrected chi connectivity index (χ0v) is 15.2. The maximum Gasteiger partial charge on any atom is 0.437 e. The molecule has 1 aromatic heterocycles. The molecule has 27 heavy (non-hydrogen) atoms. The van der Waals surface area contributed by atoms with Gasteiger partial charge in [-0.2, -0.15) is 4.68 Å². The molecule has 1 aliphatic carbocycles. The van der Waals surface area contributed by atoms with E-state index in [2.05, 4.69) is 10.4 Å². The van der Waals surface area contributed by atoms with Crippen molar-refractivity contribution in [3.8, 4) is 11.5 Å². The molecule has 3 rings (SSSR count). The minimum Gasteiger partial charge on any atom is -0.451 e. The minimum absolute atomic E-state index is 0.122. The highest BCUT2D eigenvalue weighted by Gasteiger charge is 2.23. The summed E-state index contributed by atoms with van der Waals surface area (Å²) in [6.45, 7) is 1.09. The number of carbonyl (C=O) groups excluding carboxylic acids is 2. The smallest absolute Gasteiger partial charge is 0.437 e. The van der Waals surface area contributed by atoms with E-state index < -0.39 is 24.4 Å². The Morgan fingerprint density at radius 2 is 1.96 bits per heavy atom. The van der Waals surface area contributed by atoms with Crippen LogP contribution in [0.4, 0.5) is 0 Å². The first-order chi connectivity index (χ1) is 13.0.